The van der Waals surface area contributed by atoms with Crippen LogP contribution < -0.4 is 14.8 Å². The zero-order valence-corrected chi connectivity index (χ0v) is 21.7. The summed E-state index contributed by atoms with van der Waals surface area (Å²) >= 11 is 0. The number of aryl methyl sites for hydroxylation is 1. The van der Waals surface area contributed by atoms with Gasteiger partial charge in [-0.15, -0.1) is 0 Å². The van der Waals surface area contributed by atoms with E-state index in [0.29, 0.717) is 24.5 Å². The lowest BCUT2D eigenvalue weighted by Gasteiger charge is -2.32. The molecule has 1 aliphatic carbocycles. The first-order valence-electron chi connectivity index (χ1n) is 13.0. The van der Waals surface area contributed by atoms with Gasteiger partial charge in [-0.1, -0.05) is 73.0 Å². The first kappa shape index (κ1) is 26.3. The fourth-order valence-electron chi connectivity index (χ4n) is 4.83. The number of rotatable bonds is 11. The summed E-state index contributed by atoms with van der Waals surface area (Å²) < 4.78 is 11.0. The second kappa shape index (κ2) is 12.9. The number of carbonyl (C=O) groups excluding carboxylic acids is 2. The highest BCUT2D eigenvalue weighted by molar-refractivity contribution is 5.88. The molecule has 1 saturated carbocycles. The summed E-state index contributed by atoms with van der Waals surface area (Å²) in [7, 11) is 1.60. The van der Waals surface area contributed by atoms with Crippen LogP contribution in [0.25, 0.3) is 0 Å². The molecule has 3 aromatic rings. The smallest absolute Gasteiger partial charge is 0.261 e. The van der Waals surface area contributed by atoms with E-state index in [0.717, 1.165) is 42.4 Å². The summed E-state index contributed by atoms with van der Waals surface area (Å²) in [6.45, 7) is 2.18. The third-order valence-corrected chi connectivity index (χ3v) is 6.83. The number of amides is 2. The molecular weight excluding hydrogens is 464 g/mol. The van der Waals surface area contributed by atoms with E-state index in [4.69, 9.17) is 9.47 Å². The van der Waals surface area contributed by atoms with E-state index < -0.39 is 6.04 Å². The van der Waals surface area contributed by atoms with E-state index in [-0.39, 0.29) is 24.5 Å². The zero-order valence-electron chi connectivity index (χ0n) is 21.7. The van der Waals surface area contributed by atoms with Gasteiger partial charge in [0.1, 0.15) is 17.5 Å². The number of nitrogens with one attached hydrogen (secondary N) is 1. The van der Waals surface area contributed by atoms with Crippen molar-refractivity contribution in [1.82, 2.24) is 10.2 Å². The van der Waals surface area contributed by atoms with E-state index in [1.807, 2.05) is 55.5 Å². The Morgan fingerprint density at radius 3 is 2.27 bits per heavy atom. The van der Waals surface area contributed by atoms with Crippen molar-refractivity contribution < 1.29 is 19.1 Å². The minimum Gasteiger partial charge on any atom is -0.497 e. The Balaban J connectivity index is 1.59. The quantitative estimate of drug-likeness (QED) is 0.399. The maximum absolute atomic E-state index is 13.7. The van der Waals surface area contributed by atoms with E-state index >= 15 is 0 Å². The highest BCUT2D eigenvalue weighted by atomic mass is 16.5. The topological polar surface area (TPSA) is 67.9 Å². The van der Waals surface area contributed by atoms with Gasteiger partial charge in [-0.05, 0) is 55.2 Å². The molecule has 37 heavy (non-hydrogen) atoms. The summed E-state index contributed by atoms with van der Waals surface area (Å²) in [5.74, 6) is 0.937. The van der Waals surface area contributed by atoms with E-state index in [9.17, 15) is 9.59 Å². The SMILES string of the molecule is COc1ccc(OCC(=O)N(Cc2cccc(C)c2)[C@H](Cc2ccccc2)C(=O)NC2CCCC2)cc1. The predicted octanol–water partition coefficient (Wildman–Crippen LogP) is 5.08. The van der Waals surface area contributed by atoms with Crippen LogP contribution in [0.1, 0.15) is 42.4 Å². The second-order valence-electron chi connectivity index (χ2n) is 9.67. The summed E-state index contributed by atoms with van der Waals surface area (Å²) in [6.07, 6.45) is 4.64. The van der Waals surface area contributed by atoms with Crippen molar-refractivity contribution in [2.24, 2.45) is 0 Å². The molecule has 194 valence electrons. The van der Waals surface area contributed by atoms with Crippen LogP contribution in [0.2, 0.25) is 0 Å². The molecule has 0 unspecified atom stereocenters. The largest absolute Gasteiger partial charge is 0.497 e. The van der Waals surface area contributed by atoms with Gasteiger partial charge in [-0.2, -0.15) is 0 Å². The van der Waals surface area contributed by atoms with E-state index in [2.05, 4.69) is 11.4 Å². The predicted molar refractivity (Wildman–Crippen MR) is 145 cm³/mol. The molecule has 1 fully saturated rings. The summed E-state index contributed by atoms with van der Waals surface area (Å²) in [5, 5.41) is 3.23. The summed E-state index contributed by atoms with van der Waals surface area (Å²) in [6, 6.07) is 24.5. The molecule has 0 aromatic heterocycles. The standard InChI is InChI=1S/C31H36N2O4/c1-23-9-8-12-25(19-23)21-33(30(34)22-37-28-17-15-27(36-2)16-18-28)29(20-24-10-4-3-5-11-24)31(35)32-26-13-6-7-14-26/h3-5,8-12,15-19,26,29H,6-7,13-14,20-22H2,1-2H3,(H,32,35)/t29-/m1/s1. The van der Waals surface area contributed by atoms with Crippen LogP contribution >= 0.6 is 0 Å². The van der Waals surface area contributed by atoms with Gasteiger partial charge in [0.15, 0.2) is 6.61 Å². The molecule has 0 saturated heterocycles. The number of carbonyl (C=O) groups is 2. The average Bonchev–Trinajstić information content (AvgIpc) is 3.43. The molecule has 1 N–H and O–H groups in total. The third-order valence-electron chi connectivity index (χ3n) is 6.83. The van der Waals surface area contributed by atoms with Gasteiger partial charge in [0.25, 0.3) is 5.91 Å². The molecule has 2 amide bonds. The fraction of sp³-hybridized carbons (Fsp3) is 0.355. The highest BCUT2D eigenvalue weighted by Crippen LogP contribution is 2.21. The zero-order chi connectivity index (χ0) is 26.0. The summed E-state index contributed by atoms with van der Waals surface area (Å²) in [4.78, 5) is 29.1. The van der Waals surface area contributed by atoms with Crippen molar-refractivity contribution in [3.63, 3.8) is 0 Å². The molecule has 0 heterocycles. The maximum atomic E-state index is 13.7. The molecule has 3 aromatic carbocycles. The molecular formula is C31H36N2O4. The third kappa shape index (κ3) is 7.59. The van der Waals surface area contributed by atoms with Crippen LogP contribution in [0.4, 0.5) is 0 Å². The molecule has 0 spiro atoms. The van der Waals surface area contributed by atoms with Gasteiger partial charge < -0.3 is 19.7 Å². The Kier molecular flexibility index (Phi) is 9.19. The first-order chi connectivity index (χ1) is 18.0. The lowest BCUT2D eigenvalue weighted by atomic mass is 10.0. The number of nitrogens with zero attached hydrogens (tertiary/aromatic N) is 1. The van der Waals surface area contributed by atoms with E-state index in [1.54, 1.807) is 36.3 Å². The molecule has 4 rings (SSSR count). The van der Waals surface area contributed by atoms with Crippen LogP contribution in [0.5, 0.6) is 11.5 Å². The molecule has 0 aliphatic heterocycles. The van der Waals surface area contributed by atoms with Gasteiger partial charge >= 0.3 is 0 Å². The number of hydrogen-bond acceptors (Lipinski definition) is 4. The van der Waals surface area contributed by atoms with Gasteiger partial charge in [0.05, 0.1) is 7.11 Å². The van der Waals surface area contributed by atoms with Crippen LogP contribution in [-0.2, 0) is 22.6 Å². The molecule has 6 nitrogen and oxygen atoms in total. The minimum atomic E-state index is -0.657. The molecule has 0 radical (unpaired) electrons. The van der Waals surface area contributed by atoms with Crippen LogP contribution in [0.3, 0.4) is 0 Å². The average molecular weight is 501 g/mol. The van der Waals surface area contributed by atoms with Crippen LogP contribution in [0, 0.1) is 6.92 Å². The lowest BCUT2D eigenvalue weighted by molar-refractivity contribution is -0.143. The van der Waals surface area contributed by atoms with Crippen molar-refractivity contribution in [2.45, 2.75) is 57.7 Å². The van der Waals surface area contributed by atoms with Crippen molar-refractivity contribution in [1.29, 1.82) is 0 Å². The molecule has 1 atom stereocenters. The normalized spacial score (nSPS) is 14.1. The fourth-order valence-corrected chi connectivity index (χ4v) is 4.83. The van der Waals surface area contributed by atoms with Crippen molar-refractivity contribution in [3.8, 4) is 11.5 Å². The van der Waals surface area contributed by atoms with Crippen molar-refractivity contribution >= 4 is 11.8 Å². The molecule has 6 heteroatoms. The van der Waals surface area contributed by atoms with Crippen LogP contribution in [-0.4, -0.2) is 42.5 Å². The Morgan fingerprint density at radius 2 is 1.59 bits per heavy atom. The number of ether oxygens (including phenoxy) is 2. The first-order valence-corrected chi connectivity index (χ1v) is 13.0. The second-order valence-corrected chi connectivity index (χ2v) is 9.67. The maximum Gasteiger partial charge on any atom is 0.261 e. The van der Waals surface area contributed by atoms with Gasteiger partial charge in [0.2, 0.25) is 5.91 Å². The van der Waals surface area contributed by atoms with Gasteiger partial charge in [0, 0.05) is 19.0 Å². The molecule has 1 aliphatic rings. The van der Waals surface area contributed by atoms with Gasteiger partial charge in [-0.25, -0.2) is 0 Å². The number of benzene rings is 3. The van der Waals surface area contributed by atoms with Crippen molar-refractivity contribution in [2.75, 3.05) is 13.7 Å². The minimum absolute atomic E-state index is 0.110. The Morgan fingerprint density at radius 1 is 0.919 bits per heavy atom. The highest BCUT2D eigenvalue weighted by Gasteiger charge is 2.32. The van der Waals surface area contributed by atoms with Crippen LogP contribution in [0.15, 0.2) is 78.9 Å². The van der Waals surface area contributed by atoms with E-state index in [1.165, 1.54) is 0 Å². The summed E-state index contributed by atoms with van der Waals surface area (Å²) in [5.41, 5.74) is 3.09. The lowest BCUT2D eigenvalue weighted by Crippen LogP contribution is -2.53. The number of methoxy groups -OCH3 is 1. The Hall–Kier alpha value is -3.80. The van der Waals surface area contributed by atoms with Crippen molar-refractivity contribution in [3.05, 3.63) is 95.6 Å². The van der Waals surface area contributed by atoms with Gasteiger partial charge in [-0.3, -0.25) is 9.59 Å². The monoisotopic (exact) mass is 500 g/mol. The molecule has 0 bridgehead atoms. The Labute approximate surface area is 219 Å². The number of hydrogen-bond donors (Lipinski definition) is 1. The Bertz CT molecular complexity index is 1160.